The molecule has 0 amide bonds. The van der Waals surface area contributed by atoms with Crippen molar-refractivity contribution in [1.82, 2.24) is 0 Å². The molecule has 0 aliphatic rings. The van der Waals surface area contributed by atoms with E-state index < -0.39 is 12.5 Å². The highest BCUT2D eigenvalue weighted by molar-refractivity contribution is 14.1. The molecule has 1 nitrogen and oxygen atoms in total. The molecule has 0 saturated heterocycles. The Labute approximate surface area is 89.5 Å². The van der Waals surface area contributed by atoms with Gasteiger partial charge < -0.3 is 5.73 Å². The Morgan fingerprint density at radius 3 is 2.23 bits per heavy atom. The second-order valence-corrected chi connectivity index (χ2v) is 4.03. The Morgan fingerprint density at radius 1 is 1.23 bits per heavy atom. The highest BCUT2D eigenvalue weighted by atomic mass is 127. The molecule has 72 valence electrons. The zero-order valence-corrected chi connectivity index (χ0v) is 9.04. The summed E-state index contributed by atoms with van der Waals surface area (Å²) in [4.78, 5) is 0. The molecule has 0 fully saturated rings. The van der Waals surface area contributed by atoms with Gasteiger partial charge in [0.2, 0.25) is 6.43 Å². The van der Waals surface area contributed by atoms with Crippen LogP contribution in [0.4, 0.5) is 8.78 Å². The molecule has 0 bridgehead atoms. The van der Waals surface area contributed by atoms with E-state index in [0.717, 1.165) is 9.13 Å². The fourth-order valence-corrected chi connectivity index (χ4v) is 1.40. The molecular formula is C9H10F2IN. The van der Waals surface area contributed by atoms with Gasteiger partial charge in [-0.1, -0.05) is 12.1 Å². The van der Waals surface area contributed by atoms with Crippen molar-refractivity contribution in [3.63, 3.8) is 0 Å². The number of hydrogen-bond donors (Lipinski definition) is 1. The van der Waals surface area contributed by atoms with Crippen LogP contribution in [0.5, 0.6) is 0 Å². The van der Waals surface area contributed by atoms with Crippen LogP contribution in [0, 0.1) is 3.57 Å². The van der Waals surface area contributed by atoms with E-state index in [1.165, 1.54) is 0 Å². The topological polar surface area (TPSA) is 26.0 Å². The van der Waals surface area contributed by atoms with Crippen LogP contribution in [-0.4, -0.2) is 6.43 Å². The maximum atomic E-state index is 12.0. The van der Waals surface area contributed by atoms with Gasteiger partial charge in [-0.3, -0.25) is 0 Å². The van der Waals surface area contributed by atoms with Crippen LogP contribution < -0.4 is 5.73 Å². The molecule has 1 atom stereocenters. The number of alkyl halides is 2. The number of nitrogens with two attached hydrogens (primary N) is 1. The average Bonchev–Trinajstić information content (AvgIpc) is 2.04. The van der Waals surface area contributed by atoms with E-state index >= 15 is 0 Å². The fraction of sp³-hybridized carbons (Fsp3) is 0.333. The van der Waals surface area contributed by atoms with Crippen LogP contribution in [0.2, 0.25) is 0 Å². The standard InChI is InChI=1S/C9H10F2IN/c10-9(11)5-8(13)6-1-3-7(12)4-2-6/h1-4,8-9H,5,13H2/t8-/m0/s1. The van der Waals surface area contributed by atoms with Crippen LogP contribution in [0.3, 0.4) is 0 Å². The number of halogens is 3. The third-order valence-electron chi connectivity index (χ3n) is 1.73. The highest BCUT2D eigenvalue weighted by Crippen LogP contribution is 2.18. The Balaban J connectivity index is 2.66. The van der Waals surface area contributed by atoms with Gasteiger partial charge in [0.15, 0.2) is 0 Å². The van der Waals surface area contributed by atoms with Crippen molar-refractivity contribution in [2.75, 3.05) is 0 Å². The van der Waals surface area contributed by atoms with Gasteiger partial charge in [-0.15, -0.1) is 0 Å². The fourth-order valence-electron chi connectivity index (χ4n) is 1.04. The van der Waals surface area contributed by atoms with E-state index in [9.17, 15) is 8.78 Å². The van der Waals surface area contributed by atoms with Crippen molar-refractivity contribution in [1.29, 1.82) is 0 Å². The minimum Gasteiger partial charge on any atom is -0.324 e. The van der Waals surface area contributed by atoms with Gasteiger partial charge in [0.1, 0.15) is 0 Å². The lowest BCUT2D eigenvalue weighted by molar-refractivity contribution is 0.128. The first kappa shape index (κ1) is 10.8. The normalized spacial score (nSPS) is 13.3. The second kappa shape index (κ2) is 4.85. The van der Waals surface area contributed by atoms with Gasteiger partial charge >= 0.3 is 0 Å². The molecule has 1 aromatic rings. The summed E-state index contributed by atoms with van der Waals surface area (Å²) in [6, 6.07) is 6.74. The molecule has 13 heavy (non-hydrogen) atoms. The van der Waals surface area contributed by atoms with Gasteiger partial charge in [0.25, 0.3) is 0 Å². The summed E-state index contributed by atoms with van der Waals surface area (Å²) in [7, 11) is 0. The van der Waals surface area contributed by atoms with E-state index in [-0.39, 0.29) is 6.42 Å². The predicted octanol–water partition coefficient (Wildman–Crippen LogP) is 2.95. The zero-order chi connectivity index (χ0) is 9.84. The Hall–Kier alpha value is -0.230. The summed E-state index contributed by atoms with van der Waals surface area (Å²) < 4.78 is 25.0. The van der Waals surface area contributed by atoms with E-state index in [1.54, 1.807) is 12.1 Å². The highest BCUT2D eigenvalue weighted by Gasteiger charge is 2.12. The first-order valence-electron chi connectivity index (χ1n) is 3.89. The molecule has 0 unspecified atom stereocenters. The van der Waals surface area contributed by atoms with Crippen LogP contribution in [0.1, 0.15) is 18.0 Å². The zero-order valence-electron chi connectivity index (χ0n) is 6.88. The summed E-state index contributed by atoms with van der Waals surface area (Å²) in [5, 5.41) is 0. The predicted molar refractivity (Wildman–Crippen MR) is 56.7 cm³/mol. The molecule has 0 heterocycles. The Kier molecular flexibility index (Phi) is 4.05. The Morgan fingerprint density at radius 2 is 1.77 bits per heavy atom. The first-order valence-corrected chi connectivity index (χ1v) is 4.96. The third kappa shape index (κ3) is 3.56. The minimum atomic E-state index is -2.34. The van der Waals surface area contributed by atoms with Crippen molar-refractivity contribution >= 4 is 22.6 Å². The first-order chi connectivity index (χ1) is 6.09. The van der Waals surface area contributed by atoms with Crippen molar-refractivity contribution in [3.05, 3.63) is 33.4 Å². The maximum Gasteiger partial charge on any atom is 0.240 e. The molecule has 0 saturated carbocycles. The van der Waals surface area contributed by atoms with Crippen molar-refractivity contribution in [3.8, 4) is 0 Å². The quantitative estimate of drug-likeness (QED) is 0.853. The minimum absolute atomic E-state index is 0.277. The van der Waals surface area contributed by atoms with E-state index in [4.69, 9.17) is 5.73 Å². The summed E-state index contributed by atoms with van der Waals surface area (Å²) in [5.74, 6) is 0. The van der Waals surface area contributed by atoms with Crippen molar-refractivity contribution in [2.24, 2.45) is 5.73 Å². The summed E-state index contributed by atoms with van der Waals surface area (Å²) in [5.41, 5.74) is 6.33. The van der Waals surface area contributed by atoms with E-state index in [0.29, 0.717) is 0 Å². The lowest BCUT2D eigenvalue weighted by Crippen LogP contribution is -2.13. The number of rotatable bonds is 3. The number of benzene rings is 1. The molecule has 1 aromatic carbocycles. The Bertz CT molecular complexity index is 261. The maximum absolute atomic E-state index is 12.0. The van der Waals surface area contributed by atoms with Gasteiger partial charge in [0, 0.05) is 16.0 Å². The number of hydrogen-bond acceptors (Lipinski definition) is 1. The lowest BCUT2D eigenvalue weighted by Gasteiger charge is -2.10. The van der Waals surface area contributed by atoms with Crippen LogP contribution in [0.15, 0.2) is 24.3 Å². The molecule has 4 heteroatoms. The van der Waals surface area contributed by atoms with E-state index in [1.807, 2.05) is 12.1 Å². The molecule has 0 aliphatic carbocycles. The van der Waals surface area contributed by atoms with Crippen LogP contribution >= 0.6 is 22.6 Å². The lowest BCUT2D eigenvalue weighted by atomic mass is 10.1. The van der Waals surface area contributed by atoms with Gasteiger partial charge in [-0.05, 0) is 40.3 Å². The van der Waals surface area contributed by atoms with E-state index in [2.05, 4.69) is 22.6 Å². The van der Waals surface area contributed by atoms with Gasteiger partial charge in [-0.25, -0.2) is 8.78 Å². The van der Waals surface area contributed by atoms with Gasteiger partial charge in [0.05, 0.1) is 0 Å². The average molecular weight is 297 g/mol. The molecule has 2 N–H and O–H groups in total. The van der Waals surface area contributed by atoms with Crippen LogP contribution in [0.25, 0.3) is 0 Å². The summed E-state index contributed by atoms with van der Waals surface area (Å²) >= 11 is 2.16. The molecule has 1 rings (SSSR count). The van der Waals surface area contributed by atoms with Crippen molar-refractivity contribution < 1.29 is 8.78 Å². The molecule has 0 spiro atoms. The van der Waals surface area contributed by atoms with Crippen LogP contribution in [-0.2, 0) is 0 Å². The molecule has 0 radical (unpaired) electrons. The smallest absolute Gasteiger partial charge is 0.240 e. The third-order valence-corrected chi connectivity index (χ3v) is 2.45. The SMILES string of the molecule is N[C@@H](CC(F)F)c1ccc(I)cc1. The monoisotopic (exact) mass is 297 g/mol. The molecule has 0 aromatic heterocycles. The summed E-state index contributed by atoms with van der Waals surface area (Å²) in [6.07, 6.45) is -2.62. The van der Waals surface area contributed by atoms with Crippen molar-refractivity contribution in [2.45, 2.75) is 18.9 Å². The largest absolute Gasteiger partial charge is 0.324 e. The second-order valence-electron chi connectivity index (χ2n) is 2.78. The molecule has 0 aliphatic heterocycles. The summed E-state index contributed by atoms with van der Waals surface area (Å²) in [6.45, 7) is 0. The van der Waals surface area contributed by atoms with Gasteiger partial charge in [-0.2, -0.15) is 0 Å². The molecular weight excluding hydrogens is 287 g/mol.